The highest BCUT2D eigenvalue weighted by molar-refractivity contribution is 5.89. The Hall–Kier alpha value is -1.95. The van der Waals surface area contributed by atoms with Crippen molar-refractivity contribution in [1.82, 2.24) is 0 Å². The topological polar surface area (TPSA) is 66.4 Å². The second kappa shape index (κ2) is 6.89. The van der Waals surface area contributed by atoms with E-state index >= 15 is 0 Å². The van der Waals surface area contributed by atoms with Gasteiger partial charge >= 0.3 is 29.9 Å². The molecule has 0 saturated carbocycles. The molecule has 0 N–H and O–H groups in total. The molecule has 0 bridgehead atoms. The highest BCUT2D eigenvalue weighted by Gasteiger charge is 2.81. The molecule has 0 aliphatic carbocycles. The minimum absolute atomic E-state index is 0.0829. The minimum atomic E-state index is -7.04. The van der Waals surface area contributed by atoms with Crippen LogP contribution in [0.2, 0.25) is 0 Å². The molecular weight excluding hydrogens is 367 g/mol. The number of ether oxygens (including phenoxy) is 1. The summed E-state index contributed by atoms with van der Waals surface area (Å²) in [7, 11) is 0. The Labute approximate surface area is 127 Å². The molecule has 0 aromatic rings. The molecule has 0 amide bonds. The monoisotopic (exact) mass is 375 g/mol. The second-order valence-electron chi connectivity index (χ2n) is 4.45. The number of halogens is 9. The number of carboxylic acid groups (broad SMARTS) is 1. The van der Waals surface area contributed by atoms with Crippen LogP contribution < -0.4 is 5.11 Å². The number of esters is 1. The average molecular weight is 375 g/mol. The van der Waals surface area contributed by atoms with E-state index in [1.807, 2.05) is 0 Å². The number of carboxylic acids is 1. The van der Waals surface area contributed by atoms with Gasteiger partial charge in [-0.15, -0.1) is 0 Å². The van der Waals surface area contributed by atoms with E-state index in [1.165, 1.54) is 0 Å². The average Bonchev–Trinajstić information content (AvgIpc) is 2.33. The van der Waals surface area contributed by atoms with Crippen molar-refractivity contribution in [3.05, 3.63) is 12.2 Å². The summed E-state index contributed by atoms with van der Waals surface area (Å²) in [6, 6.07) is 0. The maximum absolute atomic E-state index is 13.2. The fourth-order valence-corrected chi connectivity index (χ4v) is 1.31. The molecule has 0 aromatic carbocycles. The van der Waals surface area contributed by atoms with E-state index in [-0.39, 0.29) is 12.2 Å². The van der Waals surface area contributed by atoms with Crippen LogP contribution in [-0.2, 0) is 14.3 Å². The first-order valence-electron chi connectivity index (χ1n) is 5.75. The summed E-state index contributed by atoms with van der Waals surface area (Å²) in [5.74, 6) is -23.3. The number of carbonyl (C=O) groups is 2. The molecule has 0 spiro atoms. The first kappa shape index (κ1) is 22.1. The second-order valence-corrected chi connectivity index (χ2v) is 4.45. The largest absolute Gasteiger partial charge is 0.545 e. The summed E-state index contributed by atoms with van der Waals surface area (Å²) >= 11 is 0. The number of rotatable bonds is 7. The highest BCUT2D eigenvalue weighted by atomic mass is 19.4. The molecular formula is C11H8F9O4-. The predicted octanol–water partition coefficient (Wildman–Crippen LogP) is 2.08. The lowest BCUT2D eigenvalue weighted by molar-refractivity contribution is -0.398. The summed E-state index contributed by atoms with van der Waals surface area (Å²) in [4.78, 5) is 20.8. The van der Waals surface area contributed by atoms with E-state index < -0.39 is 48.4 Å². The third-order valence-corrected chi connectivity index (χ3v) is 2.43. The maximum Gasteiger partial charge on any atom is 0.460 e. The molecule has 0 saturated heterocycles. The molecule has 140 valence electrons. The van der Waals surface area contributed by atoms with Crippen molar-refractivity contribution in [2.45, 2.75) is 43.4 Å². The standard InChI is InChI=1S/C11H9F9O4/c1-5(24-7(23)3-2-6(21)22)4-8(12,13)9(14,15)10(16,17)11(18,19)20/h2-3,5H,4H2,1H3,(H,21,22)/p-1. The Balaban J connectivity index is 5.19. The van der Waals surface area contributed by atoms with Gasteiger partial charge in [0.25, 0.3) is 0 Å². The number of hydrogen-bond donors (Lipinski definition) is 0. The van der Waals surface area contributed by atoms with Crippen LogP contribution in [0.25, 0.3) is 0 Å². The molecule has 0 aliphatic heterocycles. The molecule has 0 heterocycles. The maximum atomic E-state index is 13.2. The summed E-state index contributed by atoms with van der Waals surface area (Å²) in [5, 5.41) is 9.94. The van der Waals surface area contributed by atoms with Crippen molar-refractivity contribution in [3.63, 3.8) is 0 Å². The minimum Gasteiger partial charge on any atom is -0.545 e. The van der Waals surface area contributed by atoms with Crippen molar-refractivity contribution < 1.29 is 58.9 Å². The number of alkyl halides is 9. The first-order valence-corrected chi connectivity index (χ1v) is 5.75. The van der Waals surface area contributed by atoms with Gasteiger partial charge in [0.1, 0.15) is 6.10 Å². The zero-order valence-corrected chi connectivity index (χ0v) is 11.5. The van der Waals surface area contributed by atoms with Crippen LogP contribution in [0.15, 0.2) is 12.2 Å². The van der Waals surface area contributed by atoms with Gasteiger partial charge in [0.05, 0.1) is 12.4 Å². The zero-order valence-electron chi connectivity index (χ0n) is 11.5. The van der Waals surface area contributed by atoms with Crippen LogP contribution in [0.5, 0.6) is 0 Å². The van der Waals surface area contributed by atoms with E-state index in [0.29, 0.717) is 6.92 Å². The lowest BCUT2D eigenvalue weighted by Gasteiger charge is -2.34. The third kappa shape index (κ3) is 4.77. The summed E-state index contributed by atoms with van der Waals surface area (Å²) in [6.45, 7) is 0.500. The van der Waals surface area contributed by atoms with Crippen LogP contribution in [0.1, 0.15) is 13.3 Å². The van der Waals surface area contributed by atoms with Crippen molar-refractivity contribution in [2.75, 3.05) is 0 Å². The Morgan fingerprint density at radius 2 is 1.42 bits per heavy atom. The molecule has 24 heavy (non-hydrogen) atoms. The van der Waals surface area contributed by atoms with E-state index in [2.05, 4.69) is 4.74 Å². The Bertz CT molecular complexity index is 510. The van der Waals surface area contributed by atoms with E-state index in [4.69, 9.17) is 0 Å². The van der Waals surface area contributed by atoms with Gasteiger partial charge in [0, 0.05) is 6.08 Å². The molecule has 4 nitrogen and oxygen atoms in total. The zero-order chi connectivity index (χ0) is 19.6. The van der Waals surface area contributed by atoms with Gasteiger partial charge in [-0.3, -0.25) is 0 Å². The van der Waals surface area contributed by atoms with Crippen LogP contribution in [-0.4, -0.2) is 42.0 Å². The van der Waals surface area contributed by atoms with E-state index in [0.717, 1.165) is 0 Å². The molecule has 1 unspecified atom stereocenters. The number of aliphatic carboxylic acids is 1. The summed E-state index contributed by atoms with van der Waals surface area (Å²) in [5.41, 5.74) is 0. The van der Waals surface area contributed by atoms with Gasteiger partial charge in [0.2, 0.25) is 0 Å². The van der Waals surface area contributed by atoms with Crippen LogP contribution in [0, 0.1) is 0 Å². The molecule has 13 heteroatoms. The van der Waals surface area contributed by atoms with Crippen molar-refractivity contribution >= 4 is 11.9 Å². The molecule has 0 aliphatic rings. The Morgan fingerprint density at radius 1 is 0.958 bits per heavy atom. The first-order chi connectivity index (χ1) is 10.5. The summed E-state index contributed by atoms with van der Waals surface area (Å²) < 4.78 is 117. The van der Waals surface area contributed by atoms with Crippen LogP contribution in [0.3, 0.4) is 0 Å². The van der Waals surface area contributed by atoms with Crippen molar-refractivity contribution in [2.24, 2.45) is 0 Å². The SMILES string of the molecule is CC(CC(F)(F)C(F)(F)C(F)(F)C(F)(F)F)OC(=O)C=CC(=O)[O-]. The highest BCUT2D eigenvalue weighted by Crippen LogP contribution is 2.54. The van der Waals surface area contributed by atoms with Gasteiger partial charge in [-0.2, -0.15) is 39.5 Å². The number of hydrogen-bond acceptors (Lipinski definition) is 4. The summed E-state index contributed by atoms with van der Waals surface area (Å²) in [6.07, 6.45) is -11.4. The van der Waals surface area contributed by atoms with Crippen LogP contribution >= 0.6 is 0 Å². The van der Waals surface area contributed by atoms with Crippen LogP contribution in [0.4, 0.5) is 39.5 Å². The number of carbonyl (C=O) groups excluding carboxylic acids is 2. The lowest BCUT2D eigenvalue weighted by atomic mass is 9.99. The van der Waals surface area contributed by atoms with Gasteiger partial charge < -0.3 is 14.6 Å². The normalized spacial score (nSPS) is 15.4. The molecule has 0 rings (SSSR count). The van der Waals surface area contributed by atoms with E-state index in [1.54, 1.807) is 0 Å². The Morgan fingerprint density at radius 3 is 1.79 bits per heavy atom. The molecule has 0 radical (unpaired) electrons. The van der Waals surface area contributed by atoms with Crippen molar-refractivity contribution in [1.29, 1.82) is 0 Å². The predicted molar refractivity (Wildman–Crippen MR) is 55.2 cm³/mol. The smallest absolute Gasteiger partial charge is 0.460 e. The fraction of sp³-hybridized carbons (Fsp3) is 0.636. The van der Waals surface area contributed by atoms with Gasteiger partial charge in [-0.05, 0) is 13.0 Å². The molecule has 1 atom stereocenters. The van der Waals surface area contributed by atoms with E-state index in [9.17, 15) is 54.2 Å². The molecule has 0 fully saturated rings. The molecule has 0 aromatic heterocycles. The third-order valence-electron chi connectivity index (χ3n) is 2.43. The Kier molecular flexibility index (Phi) is 6.33. The van der Waals surface area contributed by atoms with Gasteiger partial charge in [0.15, 0.2) is 0 Å². The fourth-order valence-electron chi connectivity index (χ4n) is 1.31. The van der Waals surface area contributed by atoms with Gasteiger partial charge in [-0.25, -0.2) is 4.79 Å². The quantitative estimate of drug-likeness (QED) is 0.388. The van der Waals surface area contributed by atoms with Crippen molar-refractivity contribution in [3.8, 4) is 0 Å². The lowest BCUT2D eigenvalue weighted by Crippen LogP contribution is -2.61. The van der Waals surface area contributed by atoms with Gasteiger partial charge in [-0.1, -0.05) is 0 Å².